The third-order valence-corrected chi connectivity index (χ3v) is 1.94. The van der Waals surface area contributed by atoms with Crippen LogP contribution in [0.1, 0.15) is 6.42 Å². The molecule has 5 heteroatoms. The van der Waals surface area contributed by atoms with Crippen LogP contribution in [0.5, 0.6) is 0 Å². The van der Waals surface area contributed by atoms with Crippen LogP contribution in [0.15, 0.2) is 0 Å². The Kier molecular flexibility index (Phi) is 3.31. The predicted octanol–water partition coefficient (Wildman–Crippen LogP) is -0.935. The molecule has 12 heavy (non-hydrogen) atoms. The minimum Gasteiger partial charge on any atom is -0.453 e. The van der Waals surface area contributed by atoms with Gasteiger partial charge in [-0.25, -0.2) is 4.79 Å². The predicted molar refractivity (Wildman–Crippen MR) is 42.8 cm³/mol. The Balaban J connectivity index is 2.33. The Hall–Kier alpha value is -0.810. The number of aliphatic hydroxyl groups excluding tert-OH is 1. The molecule has 1 rings (SSSR count). The van der Waals surface area contributed by atoms with E-state index in [1.165, 1.54) is 7.11 Å². The Labute approximate surface area is 71.1 Å². The molecule has 1 fully saturated rings. The number of carbonyl (C=O) groups is 1. The molecule has 2 atom stereocenters. The van der Waals surface area contributed by atoms with Crippen LogP contribution in [-0.2, 0) is 4.74 Å². The number of piperidine rings is 1. The highest BCUT2D eigenvalue weighted by Gasteiger charge is 2.24. The molecule has 0 saturated carbocycles. The highest BCUT2D eigenvalue weighted by molar-refractivity contribution is 5.67. The second-order valence-corrected chi connectivity index (χ2v) is 2.80. The third kappa shape index (κ3) is 2.35. The van der Waals surface area contributed by atoms with Crippen LogP contribution >= 0.6 is 0 Å². The van der Waals surface area contributed by atoms with Crippen molar-refractivity contribution >= 4 is 6.09 Å². The van der Waals surface area contributed by atoms with Crippen molar-refractivity contribution in [3.8, 4) is 0 Å². The van der Waals surface area contributed by atoms with Gasteiger partial charge in [-0.3, -0.25) is 0 Å². The summed E-state index contributed by atoms with van der Waals surface area (Å²) in [5.41, 5.74) is 0. The summed E-state index contributed by atoms with van der Waals surface area (Å²) in [7, 11) is 1.31. The lowest BCUT2D eigenvalue weighted by molar-refractivity contribution is 0.0944. The molecule has 1 heterocycles. The number of hydrogen-bond acceptors (Lipinski definition) is 4. The summed E-state index contributed by atoms with van der Waals surface area (Å²) in [4.78, 5) is 10.8. The number of carbonyl (C=O) groups excluding carboxylic acids is 1. The summed E-state index contributed by atoms with van der Waals surface area (Å²) in [5.74, 6) is 0. The fourth-order valence-electron chi connectivity index (χ4n) is 1.22. The molecule has 0 radical (unpaired) electrons. The molecule has 0 aromatic rings. The molecule has 70 valence electrons. The van der Waals surface area contributed by atoms with Crippen molar-refractivity contribution in [2.75, 3.05) is 20.2 Å². The van der Waals surface area contributed by atoms with Gasteiger partial charge in [0.2, 0.25) is 0 Å². The van der Waals surface area contributed by atoms with E-state index in [0.29, 0.717) is 6.54 Å². The van der Waals surface area contributed by atoms with Crippen molar-refractivity contribution in [3.63, 3.8) is 0 Å². The topological polar surface area (TPSA) is 70.6 Å². The van der Waals surface area contributed by atoms with E-state index < -0.39 is 12.2 Å². The first-order valence-electron chi connectivity index (χ1n) is 3.97. The summed E-state index contributed by atoms with van der Waals surface area (Å²) >= 11 is 0. The van der Waals surface area contributed by atoms with Gasteiger partial charge < -0.3 is 20.5 Å². The summed E-state index contributed by atoms with van der Waals surface area (Å²) < 4.78 is 4.42. The monoisotopic (exact) mass is 174 g/mol. The Morgan fingerprint density at radius 3 is 3.08 bits per heavy atom. The van der Waals surface area contributed by atoms with Gasteiger partial charge in [0.15, 0.2) is 0 Å². The van der Waals surface area contributed by atoms with Crippen LogP contribution < -0.4 is 10.6 Å². The van der Waals surface area contributed by atoms with Crippen molar-refractivity contribution in [3.05, 3.63) is 0 Å². The van der Waals surface area contributed by atoms with Gasteiger partial charge >= 0.3 is 6.09 Å². The van der Waals surface area contributed by atoms with Gasteiger partial charge in [-0.05, 0) is 13.0 Å². The van der Waals surface area contributed by atoms with Crippen LogP contribution in [0, 0.1) is 0 Å². The molecule has 0 bridgehead atoms. The highest BCUT2D eigenvalue weighted by atomic mass is 16.5. The summed E-state index contributed by atoms with van der Waals surface area (Å²) in [6, 6.07) is -0.182. The largest absolute Gasteiger partial charge is 0.453 e. The molecule has 2 unspecified atom stereocenters. The van der Waals surface area contributed by atoms with Crippen molar-refractivity contribution in [1.82, 2.24) is 10.6 Å². The average molecular weight is 174 g/mol. The van der Waals surface area contributed by atoms with Crippen LogP contribution in [0.4, 0.5) is 4.79 Å². The molecule has 3 N–H and O–H groups in total. The van der Waals surface area contributed by atoms with E-state index in [-0.39, 0.29) is 6.04 Å². The number of hydrogen-bond donors (Lipinski definition) is 3. The molecule has 1 saturated heterocycles. The lowest BCUT2D eigenvalue weighted by Crippen LogP contribution is -2.52. The average Bonchev–Trinajstić information content (AvgIpc) is 2.09. The fourth-order valence-corrected chi connectivity index (χ4v) is 1.22. The second kappa shape index (κ2) is 4.27. The first-order valence-corrected chi connectivity index (χ1v) is 3.97. The lowest BCUT2D eigenvalue weighted by Gasteiger charge is -2.28. The van der Waals surface area contributed by atoms with Crippen molar-refractivity contribution in [1.29, 1.82) is 0 Å². The quantitative estimate of drug-likeness (QED) is 0.480. The van der Waals surface area contributed by atoms with Crippen LogP contribution in [0.3, 0.4) is 0 Å². The molecular formula is C7H14N2O3. The molecule has 1 aliphatic heterocycles. The van der Waals surface area contributed by atoms with Gasteiger partial charge in [0.25, 0.3) is 0 Å². The van der Waals surface area contributed by atoms with E-state index >= 15 is 0 Å². The summed E-state index contributed by atoms with van der Waals surface area (Å²) in [6.45, 7) is 1.33. The van der Waals surface area contributed by atoms with E-state index in [1.54, 1.807) is 0 Å². The standard InChI is InChI=1S/C7H14N2O3/c1-12-7(11)9-5-2-3-8-4-6(5)10/h5-6,8,10H,2-4H2,1H3,(H,9,11). The van der Waals surface area contributed by atoms with Gasteiger partial charge in [-0.1, -0.05) is 0 Å². The number of amides is 1. The summed E-state index contributed by atoms with van der Waals surface area (Å²) in [6.07, 6.45) is -0.269. The van der Waals surface area contributed by atoms with Gasteiger partial charge in [-0.15, -0.1) is 0 Å². The number of nitrogens with one attached hydrogen (secondary N) is 2. The van der Waals surface area contributed by atoms with Crippen molar-refractivity contribution in [2.24, 2.45) is 0 Å². The Morgan fingerprint density at radius 2 is 2.50 bits per heavy atom. The van der Waals surface area contributed by atoms with E-state index in [9.17, 15) is 9.90 Å². The third-order valence-electron chi connectivity index (χ3n) is 1.94. The number of alkyl carbamates (subject to hydrolysis) is 1. The molecule has 0 aromatic carbocycles. The van der Waals surface area contributed by atoms with Gasteiger partial charge in [-0.2, -0.15) is 0 Å². The number of methoxy groups -OCH3 is 1. The first-order chi connectivity index (χ1) is 5.74. The smallest absolute Gasteiger partial charge is 0.407 e. The maximum absolute atomic E-state index is 10.8. The maximum Gasteiger partial charge on any atom is 0.407 e. The Bertz CT molecular complexity index is 163. The first kappa shape index (κ1) is 9.28. The van der Waals surface area contributed by atoms with Crippen LogP contribution in [0.25, 0.3) is 0 Å². The Morgan fingerprint density at radius 1 is 1.75 bits per heavy atom. The maximum atomic E-state index is 10.8. The number of ether oxygens (including phenoxy) is 1. The molecule has 0 aromatic heterocycles. The molecule has 0 spiro atoms. The van der Waals surface area contributed by atoms with Gasteiger partial charge in [0, 0.05) is 6.54 Å². The zero-order valence-corrected chi connectivity index (χ0v) is 7.04. The highest BCUT2D eigenvalue weighted by Crippen LogP contribution is 2.03. The number of β-amino-alcohol motifs (C(OH)–C–C–N with tert-alkyl or cyclic N) is 1. The van der Waals surface area contributed by atoms with E-state index in [1.807, 2.05) is 0 Å². The number of rotatable bonds is 1. The summed E-state index contributed by atoms with van der Waals surface area (Å²) in [5, 5.41) is 15.0. The SMILES string of the molecule is COC(=O)NC1CCNCC1O. The van der Waals surface area contributed by atoms with E-state index in [4.69, 9.17) is 0 Å². The zero-order chi connectivity index (χ0) is 8.97. The normalized spacial score (nSPS) is 29.5. The van der Waals surface area contributed by atoms with Gasteiger partial charge in [0.1, 0.15) is 0 Å². The zero-order valence-electron chi connectivity index (χ0n) is 7.04. The molecule has 5 nitrogen and oxygen atoms in total. The van der Waals surface area contributed by atoms with E-state index in [0.717, 1.165) is 13.0 Å². The van der Waals surface area contributed by atoms with Crippen molar-refractivity contribution in [2.45, 2.75) is 18.6 Å². The minimum atomic E-state index is -0.516. The minimum absolute atomic E-state index is 0.182. The van der Waals surface area contributed by atoms with Crippen LogP contribution in [0.2, 0.25) is 0 Å². The molecular weight excluding hydrogens is 160 g/mol. The number of aliphatic hydroxyl groups is 1. The second-order valence-electron chi connectivity index (χ2n) is 2.80. The van der Waals surface area contributed by atoms with Gasteiger partial charge in [0.05, 0.1) is 19.3 Å². The molecule has 1 aliphatic rings. The lowest BCUT2D eigenvalue weighted by atomic mass is 10.0. The van der Waals surface area contributed by atoms with Crippen molar-refractivity contribution < 1.29 is 14.6 Å². The molecule has 1 amide bonds. The molecule has 0 aliphatic carbocycles. The van der Waals surface area contributed by atoms with Crippen LogP contribution in [-0.4, -0.2) is 43.5 Å². The van der Waals surface area contributed by atoms with E-state index in [2.05, 4.69) is 15.4 Å². The fraction of sp³-hybridized carbons (Fsp3) is 0.857.